The van der Waals surface area contributed by atoms with Gasteiger partial charge in [-0.05, 0) is 26.4 Å². The van der Waals surface area contributed by atoms with Crippen molar-refractivity contribution in [3.05, 3.63) is 0 Å². The molecule has 7 heteroatoms. The number of aliphatic hydroxyl groups is 1. The van der Waals surface area contributed by atoms with Crippen molar-refractivity contribution in [3.8, 4) is 0 Å². The Kier molecular flexibility index (Phi) is 6.42. The maximum Gasteiger partial charge on any atom is 0.323 e. The van der Waals surface area contributed by atoms with E-state index in [-0.39, 0.29) is 31.1 Å². The van der Waals surface area contributed by atoms with Crippen molar-refractivity contribution in [2.75, 3.05) is 40.3 Å². The van der Waals surface area contributed by atoms with Crippen LogP contribution in [0, 0.1) is 5.92 Å². The topological polar surface area (TPSA) is 84.3 Å². The fraction of sp³-hybridized carbons (Fsp3) is 0.857. The predicted molar refractivity (Wildman–Crippen MR) is 79.1 cm³/mol. The van der Waals surface area contributed by atoms with Crippen molar-refractivity contribution < 1.29 is 19.8 Å². The lowest BCUT2D eigenvalue weighted by Gasteiger charge is -2.32. The largest absolute Gasteiger partial charge is 0.480 e. The van der Waals surface area contributed by atoms with Crippen molar-refractivity contribution in [1.82, 2.24) is 14.7 Å². The van der Waals surface area contributed by atoms with Crippen LogP contribution in [0.25, 0.3) is 0 Å². The number of hydrogen-bond donors (Lipinski definition) is 2. The summed E-state index contributed by atoms with van der Waals surface area (Å²) in [5, 5.41) is 18.8. The van der Waals surface area contributed by atoms with Gasteiger partial charge in [-0.3, -0.25) is 4.79 Å². The van der Waals surface area contributed by atoms with E-state index in [9.17, 15) is 14.7 Å². The number of carbonyl (C=O) groups is 2. The number of rotatable bonds is 6. The third-order valence-corrected chi connectivity index (χ3v) is 3.40. The molecule has 0 aliphatic carbocycles. The van der Waals surface area contributed by atoms with Crippen LogP contribution < -0.4 is 0 Å². The van der Waals surface area contributed by atoms with Gasteiger partial charge in [0.05, 0.1) is 6.10 Å². The molecule has 1 fully saturated rings. The number of aliphatic carboxylic acids is 1. The number of nitrogens with zero attached hydrogens (tertiary/aromatic N) is 3. The first kappa shape index (κ1) is 17.7. The number of amides is 2. The number of carbonyl (C=O) groups excluding carboxylic acids is 1. The third-order valence-electron chi connectivity index (χ3n) is 3.40. The third kappa shape index (κ3) is 5.51. The van der Waals surface area contributed by atoms with Crippen molar-refractivity contribution in [2.24, 2.45) is 5.92 Å². The van der Waals surface area contributed by atoms with Gasteiger partial charge in [-0.25, -0.2) is 4.79 Å². The molecule has 0 aromatic heterocycles. The van der Waals surface area contributed by atoms with E-state index in [1.807, 2.05) is 32.8 Å². The Bertz CT molecular complexity index is 373. The molecule has 2 atom stereocenters. The monoisotopic (exact) mass is 301 g/mol. The summed E-state index contributed by atoms with van der Waals surface area (Å²) in [6.45, 7) is 4.90. The Morgan fingerprint density at radius 2 is 1.95 bits per heavy atom. The lowest BCUT2D eigenvalue weighted by Crippen LogP contribution is -2.50. The highest BCUT2D eigenvalue weighted by molar-refractivity contribution is 5.80. The van der Waals surface area contributed by atoms with Crippen LogP contribution in [-0.2, 0) is 4.79 Å². The summed E-state index contributed by atoms with van der Waals surface area (Å²) in [6, 6.07) is -0.375. The highest BCUT2D eigenvalue weighted by Crippen LogP contribution is 2.20. The maximum absolute atomic E-state index is 12.6. The molecule has 0 saturated carbocycles. The Hall–Kier alpha value is -1.34. The van der Waals surface area contributed by atoms with Gasteiger partial charge >= 0.3 is 12.0 Å². The number of urea groups is 1. The minimum Gasteiger partial charge on any atom is -0.480 e. The van der Waals surface area contributed by atoms with Gasteiger partial charge < -0.3 is 24.9 Å². The zero-order valence-electron chi connectivity index (χ0n) is 13.3. The molecule has 1 aliphatic rings. The van der Waals surface area contributed by atoms with Crippen LogP contribution in [0.2, 0.25) is 0 Å². The summed E-state index contributed by atoms with van der Waals surface area (Å²) in [5.41, 5.74) is 0. The second-order valence-corrected chi connectivity index (χ2v) is 6.41. The number of carboxylic acid groups (broad SMARTS) is 1. The molecule has 0 bridgehead atoms. The lowest BCUT2D eigenvalue weighted by molar-refractivity contribution is -0.137. The van der Waals surface area contributed by atoms with E-state index < -0.39 is 12.1 Å². The highest BCUT2D eigenvalue weighted by Gasteiger charge is 2.37. The molecule has 21 heavy (non-hydrogen) atoms. The number of likely N-dealkylation sites (tertiary alicyclic amines) is 1. The molecule has 7 nitrogen and oxygen atoms in total. The fourth-order valence-electron chi connectivity index (χ4n) is 2.72. The van der Waals surface area contributed by atoms with E-state index in [0.717, 1.165) is 0 Å². The lowest BCUT2D eigenvalue weighted by atomic mass is 10.2. The Morgan fingerprint density at radius 1 is 1.33 bits per heavy atom. The van der Waals surface area contributed by atoms with E-state index >= 15 is 0 Å². The first-order chi connectivity index (χ1) is 9.70. The summed E-state index contributed by atoms with van der Waals surface area (Å²) >= 11 is 0. The molecule has 0 aromatic rings. The molecular formula is C14H27N3O4. The van der Waals surface area contributed by atoms with E-state index in [0.29, 0.717) is 19.5 Å². The highest BCUT2D eigenvalue weighted by atomic mass is 16.4. The molecule has 1 heterocycles. The standard InChI is InChI=1S/C14H27N3O4/c1-10(2)6-16(9-13(19)20)14(21)17-8-12(18)5-11(17)7-15(3)4/h10-12,18H,5-9H2,1-4H3,(H,19,20). The van der Waals surface area contributed by atoms with Gasteiger partial charge in [0.2, 0.25) is 0 Å². The Morgan fingerprint density at radius 3 is 2.43 bits per heavy atom. The van der Waals surface area contributed by atoms with Crippen LogP contribution in [0.5, 0.6) is 0 Å². The van der Waals surface area contributed by atoms with Gasteiger partial charge in [0.15, 0.2) is 0 Å². The number of carboxylic acids is 1. The summed E-state index contributed by atoms with van der Waals surface area (Å²) in [4.78, 5) is 28.5. The molecule has 2 N–H and O–H groups in total. The Labute approximate surface area is 126 Å². The van der Waals surface area contributed by atoms with Crippen LogP contribution in [0.4, 0.5) is 4.79 Å². The summed E-state index contributed by atoms with van der Waals surface area (Å²) in [5.74, 6) is -0.832. The average molecular weight is 301 g/mol. The molecule has 0 spiro atoms. The van der Waals surface area contributed by atoms with Crippen LogP contribution in [0.15, 0.2) is 0 Å². The molecular weight excluding hydrogens is 274 g/mol. The van der Waals surface area contributed by atoms with Crippen LogP contribution in [0.3, 0.4) is 0 Å². The number of likely N-dealkylation sites (N-methyl/N-ethyl adjacent to an activating group) is 1. The molecule has 2 amide bonds. The first-order valence-corrected chi connectivity index (χ1v) is 7.30. The van der Waals surface area contributed by atoms with Gasteiger partial charge in [-0.1, -0.05) is 13.8 Å². The summed E-state index contributed by atoms with van der Waals surface area (Å²) < 4.78 is 0. The zero-order valence-corrected chi connectivity index (χ0v) is 13.3. The maximum atomic E-state index is 12.6. The van der Waals surface area contributed by atoms with Crippen LogP contribution in [-0.4, -0.2) is 89.3 Å². The first-order valence-electron chi connectivity index (χ1n) is 7.30. The van der Waals surface area contributed by atoms with Crippen LogP contribution >= 0.6 is 0 Å². The normalized spacial score (nSPS) is 22.1. The second-order valence-electron chi connectivity index (χ2n) is 6.41. The van der Waals surface area contributed by atoms with Gasteiger partial charge in [0.25, 0.3) is 0 Å². The SMILES string of the molecule is CC(C)CN(CC(=O)O)C(=O)N1CC(O)CC1CN(C)C. The summed E-state index contributed by atoms with van der Waals surface area (Å²) in [7, 11) is 3.83. The van der Waals surface area contributed by atoms with E-state index in [1.54, 1.807) is 4.90 Å². The van der Waals surface area contributed by atoms with Gasteiger partial charge in [0, 0.05) is 25.7 Å². The quantitative estimate of drug-likeness (QED) is 0.729. The molecule has 1 rings (SSSR count). The molecule has 0 radical (unpaired) electrons. The average Bonchev–Trinajstić information content (AvgIpc) is 2.66. The van der Waals surface area contributed by atoms with Crippen molar-refractivity contribution in [1.29, 1.82) is 0 Å². The molecule has 2 unspecified atom stereocenters. The van der Waals surface area contributed by atoms with E-state index in [2.05, 4.69) is 0 Å². The van der Waals surface area contributed by atoms with E-state index in [4.69, 9.17) is 5.11 Å². The van der Waals surface area contributed by atoms with Crippen LogP contribution in [0.1, 0.15) is 20.3 Å². The number of aliphatic hydroxyl groups excluding tert-OH is 1. The van der Waals surface area contributed by atoms with Gasteiger partial charge in [0.1, 0.15) is 6.54 Å². The predicted octanol–water partition coefficient (Wildman–Crippen LogP) is 0.146. The number of hydrogen-bond acceptors (Lipinski definition) is 4. The minimum absolute atomic E-state index is 0.0778. The van der Waals surface area contributed by atoms with Gasteiger partial charge in [-0.2, -0.15) is 0 Å². The molecule has 1 aliphatic heterocycles. The molecule has 122 valence electrons. The summed E-state index contributed by atoms with van der Waals surface area (Å²) in [6.07, 6.45) is -0.00315. The fourth-order valence-corrected chi connectivity index (χ4v) is 2.72. The van der Waals surface area contributed by atoms with E-state index in [1.165, 1.54) is 4.90 Å². The zero-order chi connectivity index (χ0) is 16.2. The smallest absolute Gasteiger partial charge is 0.323 e. The van der Waals surface area contributed by atoms with Gasteiger partial charge in [-0.15, -0.1) is 0 Å². The van der Waals surface area contributed by atoms with Crippen molar-refractivity contribution in [3.63, 3.8) is 0 Å². The number of β-amino-alcohol motifs (C(OH)–C–C–N with tert-alkyl or cyclic N) is 1. The van der Waals surface area contributed by atoms with Crippen molar-refractivity contribution in [2.45, 2.75) is 32.4 Å². The van der Waals surface area contributed by atoms with Crippen molar-refractivity contribution >= 4 is 12.0 Å². The Balaban J connectivity index is 2.81. The second kappa shape index (κ2) is 7.61. The molecule has 1 saturated heterocycles. The molecule has 0 aromatic carbocycles. The minimum atomic E-state index is -1.02.